The number of ether oxygens (including phenoxy) is 1. The summed E-state index contributed by atoms with van der Waals surface area (Å²) in [5, 5.41) is 8.83. The maximum absolute atomic E-state index is 10.8. The highest BCUT2D eigenvalue weighted by atomic mass is 16.5. The van der Waals surface area contributed by atoms with Crippen LogP contribution in [-0.2, 0) is 0 Å². The Morgan fingerprint density at radius 2 is 2.14 bits per heavy atom. The quantitative estimate of drug-likeness (QED) is 0.625. The molecule has 5 heteroatoms. The normalized spacial score (nSPS) is 9.79. The molecule has 0 saturated carbocycles. The molecule has 0 unspecified atom stereocenters. The summed E-state index contributed by atoms with van der Waals surface area (Å²) < 4.78 is 5.12. The van der Waals surface area contributed by atoms with Gasteiger partial charge in [-0.05, 0) is 19.1 Å². The number of carboxylic acid groups (broad SMARTS) is 1. The molecule has 0 saturated heterocycles. The zero-order valence-electron chi connectivity index (χ0n) is 7.78. The van der Waals surface area contributed by atoms with Crippen LogP contribution in [0.4, 0.5) is 11.4 Å². The predicted molar refractivity (Wildman–Crippen MR) is 53.4 cm³/mol. The lowest BCUT2D eigenvalue weighted by Crippen LogP contribution is -2.07. The van der Waals surface area contributed by atoms with Crippen LogP contribution in [0.2, 0.25) is 0 Å². The molecule has 0 atom stereocenters. The maximum Gasteiger partial charge on any atom is 0.339 e. The second-order valence-corrected chi connectivity index (χ2v) is 2.68. The van der Waals surface area contributed by atoms with Crippen molar-refractivity contribution in [1.29, 1.82) is 0 Å². The standard InChI is InChI=1S/C9H12N2O3/c1-2-14-8-5(9(12)13)3-4-6(10)7(8)11/h3-4H,2,10-11H2,1H3,(H,12,13). The molecule has 0 amide bonds. The number of nitrogens with two attached hydrogens (primary N) is 2. The number of hydrogen-bond donors (Lipinski definition) is 3. The Bertz CT molecular complexity index is 363. The van der Waals surface area contributed by atoms with E-state index in [0.717, 1.165) is 0 Å². The number of anilines is 2. The molecule has 0 bridgehead atoms. The Morgan fingerprint density at radius 3 is 2.64 bits per heavy atom. The molecule has 1 aromatic carbocycles. The number of carbonyl (C=O) groups is 1. The van der Waals surface area contributed by atoms with Crippen molar-refractivity contribution in [1.82, 2.24) is 0 Å². The van der Waals surface area contributed by atoms with Crippen LogP contribution in [0.1, 0.15) is 17.3 Å². The molecule has 0 aliphatic carbocycles. The molecule has 0 radical (unpaired) electrons. The van der Waals surface area contributed by atoms with Gasteiger partial charge in [-0.2, -0.15) is 0 Å². The summed E-state index contributed by atoms with van der Waals surface area (Å²) in [5.41, 5.74) is 11.6. The highest BCUT2D eigenvalue weighted by Gasteiger charge is 2.15. The van der Waals surface area contributed by atoms with Gasteiger partial charge in [-0.3, -0.25) is 0 Å². The SMILES string of the molecule is CCOc1c(C(=O)O)ccc(N)c1N. The number of hydrogen-bond acceptors (Lipinski definition) is 4. The van der Waals surface area contributed by atoms with Gasteiger partial charge < -0.3 is 21.3 Å². The Kier molecular flexibility index (Phi) is 2.81. The van der Waals surface area contributed by atoms with Crippen LogP contribution in [0.15, 0.2) is 12.1 Å². The molecule has 0 heterocycles. The van der Waals surface area contributed by atoms with E-state index in [1.165, 1.54) is 12.1 Å². The van der Waals surface area contributed by atoms with Crippen LogP contribution in [0, 0.1) is 0 Å². The lowest BCUT2D eigenvalue weighted by atomic mass is 10.1. The fraction of sp³-hybridized carbons (Fsp3) is 0.222. The number of rotatable bonds is 3. The average molecular weight is 196 g/mol. The molecule has 0 spiro atoms. The van der Waals surface area contributed by atoms with Gasteiger partial charge in [0, 0.05) is 0 Å². The Morgan fingerprint density at radius 1 is 1.50 bits per heavy atom. The van der Waals surface area contributed by atoms with Gasteiger partial charge in [-0.15, -0.1) is 0 Å². The highest BCUT2D eigenvalue weighted by Crippen LogP contribution is 2.31. The van der Waals surface area contributed by atoms with E-state index in [-0.39, 0.29) is 17.0 Å². The van der Waals surface area contributed by atoms with E-state index in [2.05, 4.69) is 0 Å². The van der Waals surface area contributed by atoms with E-state index in [0.29, 0.717) is 12.3 Å². The topological polar surface area (TPSA) is 98.6 Å². The number of aromatic carboxylic acids is 1. The lowest BCUT2D eigenvalue weighted by molar-refractivity contribution is 0.0692. The summed E-state index contributed by atoms with van der Waals surface area (Å²) in [6.45, 7) is 2.09. The number of benzene rings is 1. The molecule has 0 aliphatic heterocycles. The molecule has 5 N–H and O–H groups in total. The summed E-state index contributed by atoms with van der Waals surface area (Å²) >= 11 is 0. The molecular weight excluding hydrogens is 184 g/mol. The monoisotopic (exact) mass is 196 g/mol. The molecule has 1 rings (SSSR count). The minimum absolute atomic E-state index is 0.0264. The van der Waals surface area contributed by atoms with Crippen molar-refractivity contribution < 1.29 is 14.6 Å². The largest absolute Gasteiger partial charge is 0.491 e. The molecule has 76 valence electrons. The Balaban J connectivity index is 3.29. The van der Waals surface area contributed by atoms with Crippen LogP contribution < -0.4 is 16.2 Å². The first kappa shape index (κ1) is 10.2. The van der Waals surface area contributed by atoms with Crippen molar-refractivity contribution >= 4 is 17.3 Å². The molecule has 0 aromatic heterocycles. The molecule has 14 heavy (non-hydrogen) atoms. The minimum Gasteiger partial charge on any atom is -0.491 e. The molecule has 0 fully saturated rings. The van der Waals surface area contributed by atoms with Gasteiger partial charge >= 0.3 is 5.97 Å². The third kappa shape index (κ3) is 1.71. The molecular formula is C9H12N2O3. The van der Waals surface area contributed by atoms with E-state index in [4.69, 9.17) is 21.3 Å². The van der Waals surface area contributed by atoms with Gasteiger partial charge in [-0.1, -0.05) is 0 Å². The zero-order chi connectivity index (χ0) is 10.7. The fourth-order valence-electron chi connectivity index (χ4n) is 1.08. The highest BCUT2D eigenvalue weighted by molar-refractivity contribution is 5.95. The fourth-order valence-corrected chi connectivity index (χ4v) is 1.08. The average Bonchev–Trinajstić information content (AvgIpc) is 2.13. The minimum atomic E-state index is -1.08. The van der Waals surface area contributed by atoms with Crippen molar-refractivity contribution in [3.8, 4) is 5.75 Å². The van der Waals surface area contributed by atoms with Crippen LogP contribution in [-0.4, -0.2) is 17.7 Å². The van der Waals surface area contributed by atoms with E-state index >= 15 is 0 Å². The van der Waals surface area contributed by atoms with Gasteiger partial charge in [0.1, 0.15) is 5.56 Å². The summed E-state index contributed by atoms with van der Waals surface area (Å²) in [6, 6.07) is 2.82. The molecule has 5 nitrogen and oxygen atoms in total. The van der Waals surface area contributed by atoms with Crippen molar-refractivity contribution in [2.75, 3.05) is 18.1 Å². The van der Waals surface area contributed by atoms with E-state index in [9.17, 15) is 4.79 Å². The van der Waals surface area contributed by atoms with E-state index in [1.807, 2.05) is 0 Å². The van der Waals surface area contributed by atoms with Gasteiger partial charge in [0.2, 0.25) is 0 Å². The number of nitrogen functional groups attached to an aromatic ring is 2. The van der Waals surface area contributed by atoms with Crippen molar-refractivity contribution in [3.63, 3.8) is 0 Å². The smallest absolute Gasteiger partial charge is 0.339 e. The van der Waals surface area contributed by atoms with Crippen molar-refractivity contribution in [3.05, 3.63) is 17.7 Å². The first-order valence-electron chi connectivity index (χ1n) is 4.12. The molecule has 0 aliphatic rings. The van der Waals surface area contributed by atoms with Crippen LogP contribution in [0.5, 0.6) is 5.75 Å². The van der Waals surface area contributed by atoms with Gasteiger partial charge in [0.15, 0.2) is 5.75 Å². The van der Waals surface area contributed by atoms with Crippen LogP contribution >= 0.6 is 0 Å². The predicted octanol–water partition coefficient (Wildman–Crippen LogP) is 0.948. The van der Waals surface area contributed by atoms with Crippen LogP contribution in [0.25, 0.3) is 0 Å². The first-order valence-corrected chi connectivity index (χ1v) is 4.12. The molecule has 1 aromatic rings. The van der Waals surface area contributed by atoms with Crippen molar-refractivity contribution in [2.45, 2.75) is 6.92 Å². The van der Waals surface area contributed by atoms with E-state index in [1.54, 1.807) is 6.92 Å². The summed E-state index contributed by atoms with van der Waals surface area (Å²) in [4.78, 5) is 10.8. The Hall–Kier alpha value is -1.91. The summed E-state index contributed by atoms with van der Waals surface area (Å²) in [5.74, 6) is -0.944. The maximum atomic E-state index is 10.8. The first-order chi connectivity index (χ1) is 6.57. The second-order valence-electron chi connectivity index (χ2n) is 2.68. The lowest BCUT2D eigenvalue weighted by Gasteiger charge is -2.11. The van der Waals surface area contributed by atoms with Crippen molar-refractivity contribution in [2.24, 2.45) is 0 Å². The number of carboxylic acids is 1. The van der Waals surface area contributed by atoms with Gasteiger partial charge in [-0.25, -0.2) is 4.79 Å². The third-order valence-corrected chi connectivity index (χ3v) is 1.75. The van der Waals surface area contributed by atoms with E-state index < -0.39 is 5.97 Å². The Labute approximate surface area is 81.3 Å². The third-order valence-electron chi connectivity index (χ3n) is 1.75. The summed E-state index contributed by atoms with van der Waals surface area (Å²) in [7, 11) is 0. The van der Waals surface area contributed by atoms with Gasteiger partial charge in [0.25, 0.3) is 0 Å². The van der Waals surface area contributed by atoms with Gasteiger partial charge in [0.05, 0.1) is 18.0 Å². The zero-order valence-corrected chi connectivity index (χ0v) is 7.78. The summed E-state index contributed by atoms with van der Waals surface area (Å²) in [6.07, 6.45) is 0. The second kappa shape index (κ2) is 3.87. The van der Waals surface area contributed by atoms with Crippen LogP contribution in [0.3, 0.4) is 0 Å².